The molecule has 0 aliphatic heterocycles. The second-order valence-corrected chi connectivity index (χ2v) is 12.1. The van der Waals surface area contributed by atoms with Crippen LogP contribution in [0, 0.1) is 0 Å². The molecule has 0 radical (unpaired) electrons. The Labute approximate surface area is 262 Å². The smallest absolute Gasteiger partial charge is 0.0731 e. The molecule has 0 saturated heterocycles. The van der Waals surface area contributed by atoms with Crippen LogP contribution in [0.1, 0.15) is 33.5 Å². The number of rotatable bonds is 4. The van der Waals surface area contributed by atoms with Crippen LogP contribution in [0.25, 0.3) is 49.4 Å². The molecule has 7 aromatic rings. The van der Waals surface area contributed by atoms with Gasteiger partial charge in [-0.15, -0.1) is 0 Å². The van der Waals surface area contributed by atoms with E-state index in [0.717, 1.165) is 23.3 Å². The molecule has 45 heavy (non-hydrogen) atoms. The first-order chi connectivity index (χ1) is 22.3. The van der Waals surface area contributed by atoms with Gasteiger partial charge in [-0.2, -0.15) is 0 Å². The second kappa shape index (κ2) is 9.90. The minimum absolute atomic E-state index is 0.405. The summed E-state index contributed by atoms with van der Waals surface area (Å²) in [5, 5.41) is 5.02. The Morgan fingerprint density at radius 1 is 0.600 bits per heavy atom. The Morgan fingerprint density at radius 3 is 2.11 bits per heavy atom. The maximum absolute atomic E-state index is 6.20. The first-order valence-electron chi connectivity index (χ1n) is 15.6. The average molecular weight is 575 g/mol. The molecule has 2 nitrogen and oxygen atoms in total. The highest BCUT2D eigenvalue weighted by Crippen LogP contribution is 2.64. The number of aromatic nitrogens is 1. The Bertz CT molecular complexity index is 2320. The van der Waals surface area contributed by atoms with Gasteiger partial charge < -0.3 is 5.73 Å². The van der Waals surface area contributed by atoms with E-state index in [0.29, 0.717) is 0 Å². The average Bonchev–Trinajstić information content (AvgIpc) is 3.56. The summed E-state index contributed by atoms with van der Waals surface area (Å²) in [6, 6.07) is 49.1. The zero-order valence-electron chi connectivity index (χ0n) is 24.7. The highest BCUT2D eigenvalue weighted by molar-refractivity contribution is 6.06. The molecule has 9 rings (SSSR count). The highest BCUT2D eigenvalue weighted by Gasteiger charge is 2.52. The van der Waals surface area contributed by atoms with Crippen LogP contribution >= 0.6 is 0 Å². The first-order valence-corrected chi connectivity index (χ1v) is 15.6. The summed E-state index contributed by atoms with van der Waals surface area (Å²) < 4.78 is 0. The van der Waals surface area contributed by atoms with Crippen molar-refractivity contribution in [3.63, 3.8) is 0 Å². The molecular weight excluding hydrogens is 544 g/mol. The van der Waals surface area contributed by atoms with Crippen LogP contribution in [0.15, 0.2) is 158 Å². The van der Waals surface area contributed by atoms with Crippen molar-refractivity contribution < 1.29 is 0 Å². The topological polar surface area (TPSA) is 38.9 Å². The van der Waals surface area contributed by atoms with E-state index in [-0.39, 0.29) is 0 Å². The van der Waals surface area contributed by atoms with Gasteiger partial charge >= 0.3 is 0 Å². The molecule has 0 fully saturated rings. The van der Waals surface area contributed by atoms with E-state index in [1.165, 1.54) is 66.1 Å². The largest absolute Gasteiger partial charge is 0.404 e. The van der Waals surface area contributed by atoms with Crippen LogP contribution in [-0.2, 0) is 11.8 Å². The fourth-order valence-corrected chi connectivity index (χ4v) is 7.91. The molecule has 2 aliphatic carbocycles. The van der Waals surface area contributed by atoms with Gasteiger partial charge in [-0.25, -0.2) is 0 Å². The van der Waals surface area contributed by atoms with Crippen molar-refractivity contribution in [2.75, 3.05) is 0 Å². The van der Waals surface area contributed by atoms with Crippen LogP contribution in [0.5, 0.6) is 0 Å². The van der Waals surface area contributed by atoms with Gasteiger partial charge in [0.1, 0.15) is 0 Å². The van der Waals surface area contributed by atoms with E-state index in [2.05, 4.69) is 132 Å². The second-order valence-electron chi connectivity index (χ2n) is 12.1. The van der Waals surface area contributed by atoms with E-state index in [9.17, 15) is 0 Å². The monoisotopic (exact) mass is 574 g/mol. The third kappa shape index (κ3) is 3.66. The lowest BCUT2D eigenvalue weighted by molar-refractivity contribution is 0.802. The molecule has 2 aliphatic rings. The van der Waals surface area contributed by atoms with E-state index in [1.807, 2.05) is 24.4 Å². The van der Waals surface area contributed by atoms with E-state index in [4.69, 9.17) is 5.73 Å². The maximum atomic E-state index is 6.20. The van der Waals surface area contributed by atoms with Gasteiger partial charge in [0.05, 0.1) is 5.41 Å². The van der Waals surface area contributed by atoms with Crippen molar-refractivity contribution in [1.82, 2.24) is 4.98 Å². The van der Waals surface area contributed by atoms with Crippen LogP contribution in [0.3, 0.4) is 0 Å². The zero-order valence-corrected chi connectivity index (χ0v) is 24.7. The van der Waals surface area contributed by atoms with E-state index in [1.54, 1.807) is 6.20 Å². The summed E-state index contributed by atoms with van der Waals surface area (Å²) in [4.78, 5) is 4.45. The number of nitrogens with zero attached hydrogens (tertiary/aromatic N) is 1. The summed E-state index contributed by atoms with van der Waals surface area (Å²) in [5.41, 5.74) is 19.7. The van der Waals surface area contributed by atoms with Crippen molar-refractivity contribution in [2.45, 2.75) is 11.8 Å². The summed E-state index contributed by atoms with van der Waals surface area (Å²) in [6.07, 6.45) is 8.54. The molecule has 0 bridgehead atoms. The fourth-order valence-electron chi connectivity index (χ4n) is 7.91. The standard InChI is InChI=1S/C43H30N2/c44-27-31(11-9-13-33-12-7-8-23-45-33)29-19-20-30-25-38-37-22-21-28-10-1-2-14-34(28)42(37)43(41(38)26-32(30)24-29)39-17-5-3-15-35(39)36-16-4-6-18-40(36)43/h1-12,14-27H,13,44H2/b11-9-,31-27+. The minimum atomic E-state index is -0.405. The van der Waals surface area contributed by atoms with Crippen LogP contribution in [-0.4, -0.2) is 4.98 Å². The Kier molecular flexibility index (Phi) is 5.66. The van der Waals surface area contributed by atoms with Crippen molar-refractivity contribution >= 4 is 27.1 Å². The van der Waals surface area contributed by atoms with Gasteiger partial charge in [0.2, 0.25) is 0 Å². The third-order valence-electron chi connectivity index (χ3n) is 9.79. The summed E-state index contributed by atoms with van der Waals surface area (Å²) in [5.74, 6) is 0. The molecule has 2 heteroatoms. The fraction of sp³-hybridized carbons (Fsp3) is 0.0465. The molecule has 6 aromatic carbocycles. The van der Waals surface area contributed by atoms with Gasteiger partial charge in [0.25, 0.3) is 0 Å². The molecular formula is C43H30N2. The molecule has 1 aromatic heterocycles. The summed E-state index contributed by atoms with van der Waals surface area (Å²) >= 11 is 0. The predicted molar refractivity (Wildman–Crippen MR) is 187 cm³/mol. The molecule has 0 amide bonds. The summed E-state index contributed by atoms with van der Waals surface area (Å²) in [7, 11) is 0. The number of allylic oxidation sites excluding steroid dienone is 3. The molecule has 1 heterocycles. The predicted octanol–water partition coefficient (Wildman–Crippen LogP) is 9.83. The lowest BCUT2D eigenvalue weighted by Gasteiger charge is -2.31. The van der Waals surface area contributed by atoms with Crippen LogP contribution in [0.4, 0.5) is 0 Å². The number of nitrogens with two attached hydrogens (primary N) is 1. The van der Waals surface area contributed by atoms with Gasteiger partial charge in [0, 0.05) is 24.5 Å². The van der Waals surface area contributed by atoms with Crippen molar-refractivity contribution in [1.29, 1.82) is 0 Å². The molecule has 0 saturated carbocycles. The number of pyridine rings is 1. The van der Waals surface area contributed by atoms with E-state index < -0.39 is 5.41 Å². The number of hydrogen-bond acceptors (Lipinski definition) is 2. The maximum Gasteiger partial charge on any atom is 0.0731 e. The Balaban J connectivity index is 1.28. The lowest BCUT2D eigenvalue weighted by Crippen LogP contribution is -2.26. The summed E-state index contributed by atoms with van der Waals surface area (Å²) in [6.45, 7) is 0. The van der Waals surface area contributed by atoms with Crippen LogP contribution in [0.2, 0.25) is 0 Å². The Morgan fingerprint density at radius 2 is 1.33 bits per heavy atom. The van der Waals surface area contributed by atoms with Crippen molar-refractivity contribution in [3.8, 4) is 22.3 Å². The van der Waals surface area contributed by atoms with Crippen molar-refractivity contribution in [3.05, 3.63) is 192 Å². The number of hydrogen-bond donors (Lipinski definition) is 1. The van der Waals surface area contributed by atoms with Gasteiger partial charge in [-0.3, -0.25) is 4.98 Å². The Hall–Kier alpha value is -5.73. The molecule has 2 N–H and O–H groups in total. The zero-order chi connectivity index (χ0) is 30.0. The quantitative estimate of drug-likeness (QED) is 0.213. The van der Waals surface area contributed by atoms with Gasteiger partial charge in [0.15, 0.2) is 0 Å². The number of fused-ring (bicyclic) bond motifs is 13. The van der Waals surface area contributed by atoms with Gasteiger partial charge in [-0.1, -0.05) is 115 Å². The molecule has 1 spiro atoms. The third-order valence-corrected chi connectivity index (χ3v) is 9.79. The minimum Gasteiger partial charge on any atom is -0.404 e. The molecule has 212 valence electrons. The normalized spacial score (nSPS) is 14.2. The number of benzene rings is 6. The highest BCUT2D eigenvalue weighted by atomic mass is 14.7. The van der Waals surface area contributed by atoms with Crippen molar-refractivity contribution in [2.24, 2.45) is 5.73 Å². The molecule has 0 unspecified atom stereocenters. The van der Waals surface area contributed by atoms with Crippen LogP contribution < -0.4 is 5.73 Å². The SMILES string of the molecule is N/C=C(\C=C/Cc1ccccn1)c1ccc2cc3c(cc2c1)C1(c2ccccc2-c2ccccc21)c1c-3ccc2ccccc12. The lowest BCUT2D eigenvalue weighted by atomic mass is 9.69. The molecule has 0 atom stereocenters. The van der Waals surface area contributed by atoms with Gasteiger partial charge in [-0.05, 0) is 108 Å². The van der Waals surface area contributed by atoms with E-state index >= 15 is 0 Å². The first kappa shape index (κ1) is 25.7.